The van der Waals surface area contributed by atoms with Crippen LogP contribution in [0.2, 0.25) is 0 Å². The highest BCUT2D eigenvalue weighted by molar-refractivity contribution is 7.87. The molecule has 0 atom stereocenters. The Bertz CT molecular complexity index is 679. The van der Waals surface area contributed by atoms with Crippen molar-refractivity contribution in [2.75, 3.05) is 13.1 Å². The molecule has 1 saturated heterocycles. The maximum absolute atomic E-state index is 12.3. The predicted molar refractivity (Wildman–Crippen MR) is 82.1 cm³/mol. The first-order chi connectivity index (χ1) is 10.6. The van der Waals surface area contributed by atoms with Crippen LogP contribution in [0.1, 0.15) is 24.4 Å². The van der Waals surface area contributed by atoms with E-state index in [4.69, 9.17) is 0 Å². The predicted octanol–water partition coefficient (Wildman–Crippen LogP) is 0.950. The highest BCUT2D eigenvalue weighted by Crippen LogP contribution is 2.23. The van der Waals surface area contributed by atoms with Crippen LogP contribution >= 0.6 is 0 Å². The zero-order valence-corrected chi connectivity index (χ0v) is 13.0. The molecular weight excluding hydrogens is 302 g/mol. The summed E-state index contributed by atoms with van der Waals surface area (Å²) in [7, 11) is -3.43. The van der Waals surface area contributed by atoms with Crippen molar-refractivity contribution in [2.24, 2.45) is 0 Å². The zero-order chi connectivity index (χ0) is 15.4. The monoisotopic (exact) mass is 321 g/mol. The van der Waals surface area contributed by atoms with E-state index in [9.17, 15) is 8.42 Å². The Labute approximate surface area is 130 Å². The molecule has 1 aromatic heterocycles. The Hall–Kier alpha value is -1.77. The first kappa shape index (κ1) is 15.1. The van der Waals surface area contributed by atoms with Gasteiger partial charge in [-0.3, -0.25) is 0 Å². The van der Waals surface area contributed by atoms with Gasteiger partial charge >= 0.3 is 0 Å². The van der Waals surface area contributed by atoms with Crippen LogP contribution in [0.3, 0.4) is 0 Å². The lowest BCUT2D eigenvalue weighted by Gasteiger charge is -2.31. The van der Waals surface area contributed by atoms with E-state index in [1.165, 1.54) is 4.31 Å². The van der Waals surface area contributed by atoms with Crippen LogP contribution in [0, 0.1) is 0 Å². The molecule has 3 rings (SSSR count). The Morgan fingerprint density at radius 2 is 1.73 bits per heavy atom. The molecular formula is C14H19N5O2S. The van der Waals surface area contributed by atoms with Crippen LogP contribution in [0.5, 0.6) is 0 Å². The number of hydrogen-bond acceptors (Lipinski definition) is 4. The van der Waals surface area contributed by atoms with Crippen LogP contribution in [0.4, 0.5) is 0 Å². The highest BCUT2D eigenvalue weighted by atomic mass is 32.2. The normalized spacial score (nSPS) is 17.6. The summed E-state index contributed by atoms with van der Waals surface area (Å²) in [5.41, 5.74) is 0.949. The molecule has 0 amide bonds. The second kappa shape index (κ2) is 6.55. The highest BCUT2D eigenvalue weighted by Gasteiger charge is 2.28. The maximum atomic E-state index is 12.3. The third-order valence-corrected chi connectivity index (χ3v) is 5.48. The van der Waals surface area contributed by atoms with Gasteiger partial charge in [0.05, 0.1) is 0 Å². The molecule has 2 heterocycles. The minimum absolute atomic E-state index is 0.274. The van der Waals surface area contributed by atoms with Gasteiger partial charge in [-0.05, 0) is 18.4 Å². The molecule has 1 aliphatic heterocycles. The standard InChI is InChI=1S/C14H19N5O2S/c20-22(21,17-10-13-4-2-1-3-5-13)19-8-6-14(7-9-19)18-11-15-16-12-18/h1-5,11-12,14,17H,6-10H2. The number of rotatable bonds is 5. The molecule has 118 valence electrons. The van der Waals surface area contributed by atoms with Crippen molar-refractivity contribution in [3.63, 3.8) is 0 Å². The van der Waals surface area contributed by atoms with Gasteiger partial charge in [0.1, 0.15) is 12.7 Å². The van der Waals surface area contributed by atoms with Gasteiger partial charge in [-0.15, -0.1) is 10.2 Å². The number of nitrogens with zero attached hydrogens (tertiary/aromatic N) is 4. The van der Waals surface area contributed by atoms with Crippen molar-refractivity contribution >= 4 is 10.2 Å². The second-order valence-corrected chi connectivity index (χ2v) is 7.11. The van der Waals surface area contributed by atoms with Crippen molar-refractivity contribution in [3.05, 3.63) is 48.5 Å². The van der Waals surface area contributed by atoms with Crippen molar-refractivity contribution in [1.29, 1.82) is 0 Å². The van der Waals surface area contributed by atoms with E-state index >= 15 is 0 Å². The third-order valence-electron chi connectivity index (χ3n) is 3.92. The second-order valence-electron chi connectivity index (χ2n) is 5.35. The molecule has 2 aromatic rings. The number of aromatic nitrogens is 3. The molecule has 0 aliphatic carbocycles. The average Bonchev–Trinajstić information content (AvgIpc) is 3.09. The quantitative estimate of drug-likeness (QED) is 0.889. The Balaban J connectivity index is 1.55. The Morgan fingerprint density at radius 3 is 2.36 bits per heavy atom. The molecule has 7 nitrogen and oxygen atoms in total. The van der Waals surface area contributed by atoms with Crippen molar-refractivity contribution < 1.29 is 8.42 Å². The van der Waals surface area contributed by atoms with E-state index in [0.717, 1.165) is 18.4 Å². The van der Waals surface area contributed by atoms with Gasteiger partial charge in [-0.1, -0.05) is 30.3 Å². The van der Waals surface area contributed by atoms with Crippen molar-refractivity contribution in [3.8, 4) is 0 Å². The minimum Gasteiger partial charge on any atom is -0.317 e. The van der Waals surface area contributed by atoms with Gasteiger partial charge in [0.25, 0.3) is 10.2 Å². The average molecular weight is 321 g/mol. The summed E-state index contributed by atoms with van der Waals surface area (Å²) in [6.07, 6.45) is 4.90. The molecule has 0 bridgehead atoms. The third kappa shape index (κ3) is 3.52. The van der Waals surface area contributed by atoms with Gasteiger partial charge < -0.3 is 4.57 Å². The van der Waals surface area contributed by atoms with Gasteiger partial charge in [-0.25, -0.2) is 0 Å². The first-order valence-electron chi connectivity index (χ1n) is 7.28. The van der Waals surface area contributed by atoms with Gasteiger partial charge in [0.2, 0.25) is 0 Å². The summed E-state index contributed by atoms with van der Waals surface area (Å²) in [5.74, 6) is 0. The van der Waals surface area contributed by atoms with Crippen LogP contribution < -0.4 is 4.72 Å². The minimum atomic E-state index is -3.43. The van der Waals surface area contributed by atoms with Crippen LogP contribution in [-0.2, 0) is 16.8 Å². The molecule has 1 N–H and O–H groups in total. The molecule has 1 aromatic carbocycles. The number of hydrogen-bond donors (Lipinski definition) is 1. The number of nitrogens with one attached hydrogen (secondary N) is 1. The zero-order valence-electron chi connectivity index (χ0n) is 12.2. The lowest BCUT2D eigenvalue weighted by atomic mass is 10.1. The lowest BCUT2D eigenvalue weighted by molar-refractivity contribution is 0.271. The number of piperidine rings is 1. The summed E-state index contributed by atoms with van der Waals surface area (Å²) in [6, 6.07) is 9.79. The smallest absolute Gasteiger partial charge is 0.279 e. The fourth-order valence-corrected chi connectivity index (χ4v) is 3.86. The largest absolute Gasteiger partial charge is 0.317 e. The molecule has 22 heavy (non-hydrogen) atoms. The lowest BCUT2D eigenvalue weighted by Crippen LogP contribution is -2.44. The summed E-state index contributed by atoms with van der Waals surface area (Å²) in [5, 5.41) is 7.59. The summed E-state index contributed by atoms with van der Waals surface area (Å²) in [6.45, 7) is 1.33. The van der Waals surface area contributed by atoms with Gasteiger partial charge in [0, 0.05) is 25.7 Å². The SMILES string of the molecule is O=S(=O)(NCc1ccccc1)N1CCC(n2cnnc2)CC1. The molecule has 0 radical (unpaired) electrons. The summed E-state index contributed by atoms with van der Waals surface area (Å²) >= 11 is 0. The Morgan fingerprint density at radius 1 is 1.09 bits per heavy atom. The van der Waals surface area contributed by atoms with E-state index in [1.54, 1.807) is 12.7 Å². The maximum Gasteiger partial charge on any atom is 0.279 e. The van der Waals surface area contributed by atoms with Crippen LogP contribution in [-0.4, -0.2) is 40.6 Å². The molecule has 8 heteroatoms. The van der Waals surface area contributed by atoms with Crippen LogP contribution in [0.15, 0.2) is 43.0 Å². The Kier molecular flexibility index (Phi) is 4.51. The fourth-order valence-electron chi connectivity index (χ4n) is 2.64. The van der Waals surface area contributed by atoms with Crippen molar-refractivity contribution in [2.45, 2.75) is 25.4 Å². The molecule has 1 fully saturated rings. The number of benzene rings is 1. The molecule has 1 aliphatic rings. The summed E-state index contributed by atoms with van der Waals surface area (Å²) in [4.78, 5) is 0. The van der Waals surface area contributed by atoms with Gasteiger partial charge in [-0.2, -0.15) is 17.4 Å². The van der Waals surface area contributed by atoms with E-state index < -0.39 is 10.2 Å². The molecule has 0 saturated carbocycles. The van der Waals surface area contributed by atoms with E-state index in [0.29, 0.717) is 19.6 Å². The van der Waals surface area contributed by atoms with Crippen LogP contribution in [0.25, 0.3) is 0 Å². The van der Waals surface area contributed by atoms with Crippen molar-refractivity contribution in [1.82, 2.24) is 23.8 Å². The van der Waals surface area contributed by atoms with E-state index in [1.807, 2.05) is 34.9 Å². The first-order valence-corrected chi connectivity index (χ1v) is 8.72. The fraction of sp³-hybridized carbons (Fsp3) is 0.429. The topological polar surface area (TPSA) is 80.1 Å². The van der Waals surface area contributed by atoms with E-state index in [-0.39, 0.29) is 6.04 Å². The summed E-state index contributed by atoms with van der Waals surface area (Å²) < 4.78 is 30.8. The van der Waals surface area contributed by atoms with Gasteiger partial charge in [0.15, 0.2) is 0 Å². The van der Waals surface area contributed by atoms with E-state index in [2.05, 4.69) is 14.9 Å². The molecule has 0 unspecified atom stereocenters. The molecule has 0 spiro atoms.